The molecule has 29 heavy (non-hydrogen) atoms. The quantitative estimate of drug-likeness (QED) is 0.592. The summed E-state index contributed by atoms with van der Waals surface area (Å²) in [5, 5.41) is 9.48. The molecule has 146 valence electrons. The number of halogens is 1. The summed E-state index contributed by atoms with van der Waals surface area (Å²) in [4.78, 5) is 17.5. The molecule has 7 heteroatoms. The van der Waals surface area contributed by atoms with Gasteiger partial charge in [-0.2, -0.15) is 4.98 Å². The first-order chi connectivity index (χ1) is 14.2. The number of carbonyl (C=O) groups excluding carboxylic acids is 1. The topological polar surface area (TPSA) is 59.8 Å². The molecule has 1 N–H and O–H groups in total. The molecule has 2 aromatic carbocycles. The highest BCUT2D eigenvalue weighted by molar-refractivity contribution is 7.98. The normalized spacial score (nSPS) is 20.4. The molecule has 0 fully saturated rings. The highest BCUT2D eigenvalue weighted by Crippen LogP contribution is 2.42. The monoisotopic (exact) mass is 422 g/mol. The van der Waals surface area contributed by atoms with E-state index in [9.17, 15) is 4.79 Å². The highest BCUT2D eigenvalue weighted by Gasteiger charge is 2.41. The van der Waals surface area contributed by atoms with Gasteiger partial charge in [0, 0.05) is 22.9 Å². The molecule has 1 aliphatic carbocycles. The van der Waals surface area contributed by atoms with E-state index in [-0.39, 0.29) is 17.7 Å². The minimum absolute atomic E-state index is 0.221. The molecule has 0 amide bonds. The summed E-state index contributed by atoms with van der Waals surface area (Å²) < 4.78 is 1.86. The Bertz CT molecular complexity index is 1080. The highest BCUT2D eigenvalue weighted by atomic mass is 35.5. The van der Waals surface area contributed by atoms with Gasteiger partial charge in [-0.25, -0.2) is 4.68 Å². The number of allylic oxidation sites excluding steroid dienone is 2. The maximum atomic E-state index is 12.8. The average Bonchev–Trinajstić information content (AvgIpc) is 3.15. The fourth-order valence-corrected chi connectivity index (χ4v) is 4.84. The van der Waals surface area contributed by atoms with E-state index in [2.05, 4.69) is 23.5 Å². The van der Waals surface area contributed by atoms with E-state index in [4.69, 9.17) is 21.7 Å². The van der Waals surface area contributed by atoms with Crippen molar-refractivity contribution in [1.82, 2.24) is 14.8 Å². The number of anilines is 1. The molecule has 0 saturated heterocycles. The number of hydrogen-bond donors (Lipinski definition) is 1. The van der Waals surface area contributed by atoms with Crippen molar-refractivity contribution in [3.63, 3.8) is 0 Å². The predicted octanol–water partition coefficient (Wildman–Crippen LogP) is 5.10. The molecule has 5 nitrogen and oxygen atoms in total. The van der Waals surface area contributed by atoms with E-state index in [1.165, 1.54) is 5.56 Å². The van der Waals surface area contributed by atoms with Gasteiger partial charge in [0.2, 0.25) is 11.1 Å². The first kappa shape index (κ1) is 18.5. The Morgan fingerprint density at radius 2 is 1.93 bits per heavy atom. The van der Waals surface area contributed by atoms with Crippen LogP contribution < -0.4 is 5.32 Å². The SMILES string of the molecule is O=C1CCC=C2Nc3nc(SCc4ccccc4)nn3[C@@H](c3ccc(Cl)cc3)[C@H]12. The fourth-order valence-electron chi connectivity index (χ4n) is 3.93. The van der Waals surface area contributed by atoms with Crippen LogP contribution in [-0.4, -0.2) is 20.5 Å². The summed E-state index contributed by atoms with van der Waals surface area (Å²) in [5.74, 6) is 1.43. The lowest BCUT2D eigenvalue weighted by molar-refractivity contribution is -0.123. The number of nitrogens with one attached hydrogen (secondary N) is 1. The minimum Gasteiger partial charge on any atom is -0.328 e. The summed E-state index contributed by atoms with van der Waals surface area (Å²) in [6.45, 7) is 0. The number of thioether (sulfide) groups is 1. The van der Waals surface area contributed by atoms with Crippen molar-refractivity contribution >= 4 is 35.1 Å². The third-order valence-electron chi connectivity index (χ3n) is 5.31. The number of fused-ring (bicyclic) bond motifs is 2. The fraction of sp³-hybridized carbons (Fsp3) is 0.227. The number of nitrogens with zero attached hydrogens (tertiary/aromatic N) is 3. The van der Waals surface area contributed by atoms with Gasteiger partial charge in [-0.3, -0.25) is 4.79 Å². The zero-order chi connectivity index (χ0) is 19.8. The lowest BCUT2D eigenvalue weighted by Crippen LogP contribution is -2.38. The molecule has 0 unspecified atom stereocenters. The zero-order valence-corrected chi connectivity index (χ0v) is 17.2. The molecule has 2 heterocycles. The van der Waals surface area contributed by atoms with Gasteiger partial charge in [-0.15, -0.1) is 5.10 Å². The zero-order valence-electron chi connectivity index (χ0n) is 15.6. The molecular weight excluding hydrogens is 404 g/mol. The number of rotatable bonds is 4. The minimum atomic E-state index is -0.272. The number of hydrogen-bond acceptors (Lipinski definition) is 5. The third kappa shape index (κ3) is 3.58. The molecule has 0 bridgehead atoms. The van der Waals surface area contributed by atoms with Gasteiger partial charge in [-0.05, 0) is 29.7 Å². The van der Waals surface area contributed by atoms with Gasteiger partial charge < -0.3 is 5.32 Å². The predicted molar refractivity (Wildman–Crippen MR) is 115 cm³/mol. The number of benzene rings is 2. The first-order valence-corrected chi connectivity index (χ1v) is 10.9. The summed E-state index contributed by atoms with van der Waals surface area (Å²) in [6, 6.07) is 17.7. The standard InChI is InChI=1S/C22H19ClN4OS/c23-16-11-9-15(10-12-16)20-19-17(7-4-8-18(19)28)24-21-25-22(26-27(20)21)29-13-14-5-2-1-3-6-14/h1-3,5-7,9-12,19-20H,4,8,13H2,(H,24,25,26)/t19-,20-/m0/s1. The number of ketones is 1. The Labute approximate surface area is 178 Å². The van der Waals surface area contributed by atoms with Crippen molar-refractivity contribution in [2.75, 3.05) is 5.32 Å². The Morgan fingerprint density at radius 3 is 2.72 bits per heavy atom. The lowest BCUT2D eigenvalue weighted by Gasteiger charge is -2.36. The van der Waals surface area contributed by atoms with Crippen LogP contribution in [0.15, 0.2) is 71.5 Å². The second-order valence-corrected chi connectivity index (χ2v) is 8.58. The van der Waals surface area contributed by atoms with Gasteiger partial charge in [0.1, 0.15) is 5.78 Å². The van der Waals surface area contributed by atoms with Crippen LogP contribution >= 0.6 is 23.4 Å². The smallest absolute Gasteiger partial charge is 0.227 e. The van der Waals surface area contributed by atoms with Crippen molar-refractivity contribution in [3.8, 4) is 0 Å². The molecule has 3 aromatic rings. The van der Waals surface area contributed by atoms with E-state index >= 15 is 0 Å². The number of aromatic nitrogens is 3. The van der Waals surface area contributed by atoms with E-state index in [0.29, 0.717) is 22.5 Å². The molecule has 0 spiro atoms. The average molecular weight is 423 g/mol. The Kier molecular flexibility index (Phi) is 4.89. The molecular formula is C22H19ClN4OS. The molecule has 1 aromatic heterocycles. The van der Waals surface area contributed by atoms with Gasteiger partial charge in [0.25, 0.3) is 0 Å². The van der Waals surface area contributed by atoms with E-state index in [0.717, 1.165) is 23.4 Å². The molecule has 2 atom stereocenters. The third-order valence-corrected chi connectivity index (χ3v) is 6.47. The maximum absolute atomic E-state index is 12.8. The maximum Gasteiger partial charge on any atom is 0.227 e. The Hall–Kier alpha value is -2.57. The van der Waals surface area contributed by atoms with Crippen molar-refractivity contribution in [2.45, 2.75) is 29.8 Å². The van der Waals surface area contributed by atoms with Crippen molar-refractivity contribution in [3.05, 3.63) is 82.5 Å². The second-order valence-electron chi connectivity index (χ2n) is 7.20. The van der Waals surface area contributed by atoms with Crippen molar-refractivity contribution in [1.29, 1.82) is 0 Å². The second kappa shape index (κ2) is 7.69. The van der Waals surface area contributed by atoms with Crippen LogP contribution in [0.5, 0.6) is 0 Å². The van der Waals surface area contributed by atoms with Gasteiger partial charge in [0.15, 0.2) is 0 Å². The van der Waals surface area contributed by atoms with Crippen molar-refractivity contribution in [2.24, 2.45) is 5.92 Å². The summed E-state index contributed by atoms with van der Waals surface area (Å²) in [5.41, 5.74) is 3.16. The molecule has 2 aliphatic rings. The van der Waals surface area contributed by atoms with E-state index < -0.39 is 0 Å². The van der Waals surface area contributed by atoms with Crippen LogP contribution in [0.1, 0.15) is 30.0 Å². The van der Waals surface area contributed by atoms with Crippen LogP contribution in [0.25, 0.3) is 0 Å². The van der Waals surface area contributed by atoms with Crippen LogP contribution in [0.3, 0.4) is 0 Å². The Balaban J connectivity index is 1.52. The van der Waals surface area contributed by atoms with E-state index in [1.54, 1.807) is 11.8 Å². The summed E-state index contributed by atoms with van der Waals surface area (Å²) in [7, 11) is 0. The van der Waals surface area contributed by atoms with E-state index in [1.807, 2.05) is 47.1 Å². The van der Waals surface area contributed by atoms with Crippen LogP contribution in [0, 0.1) is 5.92 Å². The molecule has 0 radical (unpaired) electrons. The summed E-state index contributed by atoms with van der Waals surface area (Å²) >= 11 is 7.68. The van der Waals surface area contributed by atoms with Gasteiger partial charge >= 0.3 is 0 Å². The van der Waals surface area contributed by atoms with Crippen LogP contribution in [-0.2, 0) is 10.5 Å². The van der Waals surface area contributed by atoms with Crippen LogP contribution in [0.2, 0.25) is 5.02 Å². The first-order valence-electron chi connectivity index (χ1n) is 9.57. The number of carbonyl (C=O) groups is 1. The van der Waals surface area contributed by atoms with Gasteiger partial charge in [0.05, 0.1) is 12.0 Å². The molecule has 5 rings (SSSR count). The lowest BCUT2D eigenvalue weighted by atomic mass is 9.81. The largest absolute Gasteiger partial charge is 0.328 e. The number of Topliss-reactive ketones (excluding diaryl/α,β-unsaturated/α-hetero) is 1. The van der Waals surface area contributed by atoms with Gasteiger partial charge in [-0.1, -0.05) is 71.9 Å². The Morgan fingerprint density at radius 1 is 1.14 bits per heavy atom. The summed E-state index contributed by atoms with van der Waals surface area (Å²) in [6.07, 6.45) is 3.43. The van der Waals surface area contributed by atoms with Crippen molar-refractivity contribution < 1.29 is 4.79 Å². The van der Waals surface area contributed by atoms with Crippen LogP contribution in [0.4, 0.5) is 5.95 Å². The molecule has 1 aliphatic heterocycles. The molecule has 0 saturated carbocycles.